The van der Waals surface area contributed by atoms with Gasteiger partial charge in [0.15, 0.2) is 0 Å². The van der Waals surface area contributed by atoms with E-state index in [1.54, 1.807) is 12.1 Å². The van der Waals surface area contributed by atoms with E-state index in [4.69, 9.17) is 0 Å². The van der Waals surface area contributed by atoms with Crippen molar-refractivity contribution in [3.8, 4) is 0 Å². The molecule has 0 aromatic heterocycles. The summed E-state index contributed by atoms with van der Waals surface area (Å²) >= 11 is 1.42. The molecule has 2 amide bonds. The highest BCUT2D eigenvalue weighted by Crippen LogP contribution is 2.36. The van der Waals surface area contributed by atoms with Gasteiger partial charge in [0.25, 0.3) is 0 Å². The number of para-hydroxylation sites is 2. The molecule has 2 N–H and O–H groups in total. The SMILES string of the molecule is CN(NC(=O)C[C@@H]1Sc2ccccc2NC1=O)c1ccccc1. The topological polar surface area (TPSA) is 61.4 Å². The van der Waals surface area contributed by atoms with Crippen LogP contribution in [0.3, 0.4) is 0 Å². The van der Waals surface area contributed by atoms with E-state index in [1.807, 2.05) is 54.6 Å². The minimum Gasteiger partial charge on any atom is -0.324 e. The molecule has 0 saturated carbocycles. The van der Waals surface area contributed by atoms with Crippen LogP contribution in [0.15, 0.2) is 59.5 Å². The number of benzene rings is 2. The molecule has 3 rings (SSSR count). The van der Waals surface area contributed by atoms with E-state index in [-0.39, 0.29) is 18.2 Å². The summed E-state index contributed by atoms with van der Waals surface area (Å²) in [5.74, 6) is -0.324. The van der Waals surface area contributed by atoms with Gasteiger partial charge >= 0.3 is 0 Å². The summed E-state index contributed by atoms with van der Waals surface area (Å²) in [5, 5.41) is 4.08. The molecule has 1 aliphatic rings. The van der Waals surface area contributed by atoms with Crippen LogP contribution < -0.4 is 15.8 Å². The minimum absolute atomic E-state index is 0.127. The smallest absolute Gasteiger partial charge is 0.240 e. The highest BCUT2D eigenvalue weighted by molar-refractivity contribution is 8.01. The zero-order valence-electron chi connectivity index (χ0n) is 12.7. The van der Waals surface area contributed by atoms with Crippen LogP contribution in [0.25, 0.3) is 0 Å². The lowest BCUT2D eigenvalue weighted by atomic mass is 10.2. The molecule has 0 unspecified atom stereocenters. The predicted molar refractivity (Wildman–Crippen MR) is 92.3 cm³/mol. The number of amides is 2. The lowest BCUT2D eigenvalue weighted by Gasteiger charge is -2.25. The molecule has 0 fully saturated rings. The highest BCUT2D eigenvalue weighted by Gasteiger charge is 2.29. The third kappa shape index (κ3) is 3.65. The highest BCUT2D eigenvalue weighted by atomic mass is 32.2. The number of hydrogen-bond acceptors (Lipinski definition) is 4. The maximum Gasteiger partial charge on any atom is 0.240 e. The Kier molecular flexibility index (Phi) is 4.52. The van der Waals surface area contributed by atoms with E-state index in [0.717, 1.165) is 16.3 Å². The average molecular weight is 327 g/mol. The average Bonchev–Trinajstić information content (AvgIpc) is 2.56. The molecule has 23 heavy (non-hydrogen) atoms. The van der Waals surface area contributed by atoms with E-state index in [0.29, 0.717) is 0 Å². The monoisotopic (exact) mass is 327 g/mol. The van der Waals surface area contributed by atoms with Gasteiger partial charge in [-0.3, -0.25) is 20.0 Å². The van der Waals surface area contributed by atoms with Crippen molar-refractivity contribution in [3.63, 3.8) is 0 Å². The number of carbonyl (C=O) groups is 2. The maximum absolute atomic E-state index is 12.2. The molecule has 0 spiro atoms. The van der Waals surface area contributed by atoms with Crippen LogP contribution in [0.4, 0.5) is 11.4 Å². The van der Waals surface area contributed by atoms with Crippen molar-refractivity contribution in [2.24, 2.45) is 0 Å². The Bertz CT molecular complexity index is 721. The lowest BCUT2D eigenvalue weighted by molar-refractivity contribution is -0.124. The molecule has 0 bridgehead atoms. The molecule has 0 radical (unpaired) electrons. The number of anilines is 2. The summed E-state index contributed by atoms with van der Waals surface area (Å²) in [4.78, 5) is 25.3. The first kappa shape index (κ1) is 15.4. The van der Waals surface area contributed by atoms with Crippen molar-refractivity contribution in [2.75, 3.05) is 17.4 Å². The Morgan fingerprint density at radius 2 is 1.87 bits per heavy atom. The van der Waals surface area contributed by atoms with Crippen molar-refractivity contribution >= 4 is 35.0 Å². The van der Waals surface area contributed by atoms with E-state index >= 15 is 0 Å². The summed E-state index contributed by atoms with van der Waals surface area (Å²) in [5.41, 5.74) is 4.48. The van der Waals surface area contributed by atoms with Gasteiger partial charge in [0.1, 0.15) is 0 Å². The van der Waals surface area contributed by atoms with Crippen molar-refractivity contribution < 1.29 is 9.59 Å². The molecule has 118 valence electrons. The van der Waals surface area contributed by atoms with Crippen LogP contribution in [0.2, 0.25) is 0 Å². The van der Waals surface area contributed by atoms with Crippen molar-refractivity contribution in [3.05, 3.63) is 54.6 Å². The Morgan fingerprint density at radius 3 is 2.65 bits per heavy atom. The number of carbonyl (C=O) groups excluding carboxylic acids is 2. The van der Waals surface area contributed by atoms with Crippen molar-refractivity contribution in [1.29, 1.82) is 0 Å². The first-order valence-corrected chi connectivity index (χ1v) is 8.16. The molecule has 5 nitrogen and oxygen atoms in total. The summed E-state index contributed by atoms with van der Waals surface area (Å²) in [7, 11) is 1.77. The first-order chi connectivity index (χ1) is 11.1. The fourth-order valence-corrected chi connectivity index (χ4v) is 3.45. The van der Waals surface area contributed by atoms with Gasteiger partial charge in [0.05, 0.1) is 16.6 Å². The van der Waals surface area contributed by atoms with Crippen LogP contribution >= 0.6 is 11.8 Å². The normalized spacial score (nSPS) is 16.2. The predicted octanol–water partition coefficient (Wildman–Crippen LogP) is 2.66. The Hall–Kier alpha value is -2.47. The van der Waals surface area contributed by atoms with Crippen LogP contribution in [-0.2, 0) is 9.59 Å². The molecule has 2 aromatic rings. The van der Waals surface area contributed by atoms with Gasteiger partial charge in [-0.25, -0.2) is 0 Å². The number of nitrogens with one attached hydrogen (secondary N) is 2. The maximum atomic E-state index is 12.2. The zero-order chi connectivity index (χ0) is 16.2. The van der Waals surface area contributed by atoms with Crippen molar-refractivity contribution in [1.82, 2.24) is 5.43 Å². The van der Waals surface area contributed by atoms with Crippen LogP contribution in [0, 0.1) is 0 Å². The Morgan fingerprint density at radius 1 is 1.17 bits per heavy atom. The summed E-state index contributed by atoms with van der Waals surface area (Å²) in [6.45, 7) is 0. The van der Waals surface area contributed by atoms with Gasteiger partial charge < -0.3 is 5.32 Å². The molecule has 0 aliphatic carbocycles. The van der Waals surface area contributed by atoms with Gasteiger partial charge in [-0.05, 0) is 24.3 Å². The zero-order valence-corrected chi connectivity index (χ0v) is 13.5. The minimum atomic E-state index is -0.422. The van der Waals surface area contributed by atoms with Gasteiger partial charge in [-0.15, -0.1) is 11.8 Å². The van der Waals surface area contributed by atoms with E-state index in [2.05, 4.69) is 10.7 Å². The number of rotatable bonds is 4. The van der Waals surface area contributed by atoms with Gasteiger partial charge in [-0.2, -0.15) is 0 Å². The third-order valence-corrected chi connectivity index (χ3v) is 4.79. The van der Waals surface area contributed by atoms with Gasteiger partial charge in [0.2, 0.25) is 11.8 Å². The largest absolute Gasteiger partial charge is 0.324 e. The molecular weight excluding hydrogens is 310 g/mol. The van der Waals surface area contributed by atoms with E-state index in [1.165, 1.54) is 11.8 Å². The van der Waals surface area contributed by atoms with Crippen molar-refractivity contribution in [2.45, 2.75) is 16.6 Å². The standard InChI is InChI=1S/C17H17N3O2S/c1-20(12-7-3-2-4-8-12)19-16(21)11-15-17(22)18-13-9-5-6-10-14(13)23-15/h2-10,15H,11H2,1H3,(H,18,22)(H,19,21)/t15-/m0/s1. The molecular formula is C17H17N3O2S. The fraction of sp³-hybridized carbons (Fsp3) is 0.176. The molecule has 0 saturated heterocycles. The quantitative estimate of drug-likeness (QED) is 0.848. The second-order valence-corrected chi connectivity index (χ2v) is 6.47. The molecule has 1 atom stereocenters. The Labute approximate surface area is 139 Å². The number of thioether (sulfide) groups is 1. The third-order valence-electron chi connectivity index (χ3n) is 3.51. The van der Waals surface area contributed by atoms with Crippen LogP contribution in [0.5, 0.6) is 0 Å². The molecule has 6 heteroatoms. The number of nitrogens with zero attached hydrogens (tertiary/aromatic N) is 1. The summed E-state index contributed by atoms with van der Waals surface area (Å²) in [6, 6.07) is 17.1. The van der Waals surface area contributed by atoms with E-state index in [9.17, 15) is 9.59 Å². The number of fused-ring (bicyclic) bond motifs is 1. The second-order valence-electron chi connectivity index (χ2n) is 5.23. The van der Waals surface area contributed by atoms with Crippen LogP contribution in [0.1, 0.15) is 6.42 Å². The summed E-state index contributed by atoms with van der Waals surface area (Å²) < 4.78 is 0. The second kappa shape index (κ2) is 6.75. The Balaban J connectivity index is 1.61. The number of hydrazine groups is 1. The van der Waals surface area contributed by atoms with E-state index < -0.39 is 5.25 Å². The molecule has 2 aromatic carbocycles. The molecule has 1 aliphatic heterocycles. The van der Waals surface area contributed by atoms with Gasteiger partial charge in [0, 0.05) is 18.4 Å². The van der Waals surface area contributed by atoms with Crippen LogP contribution in [-0.4, -0.2) is 24.1 Å². The number of hydrogen-bond donors (Lipinski definition) is 2. The van der Waals surface area contributed by atoms with Gasteiger partial charge in [-0.1, -0.05) is 30.3 Å². The summed E-state index contributed by atoms with van der Waals surface area (Å²) in [6.07, 6.45) is 0.127. The molecule has 1 heterocycles. The first-order valence-electron chi connectivity index (χ1n) is 7.28. The fourth-order valence-electron chi connectivity index (χ4n) is 2.34. The lowest BCUT2D eigenvalue weighted by Crippen LogP contribution is -2.42.